The number of nitrogens with zero attached hydrogens (tertiary/aromatic N) is 4. The number of benzene rings is 1. The molecule has 2 N–H and O–H groups in total. The minimum absolute atomic E-state index is 0.0544. The van der Waals surface area contributed by atoms with Gasteiger partial charge in [0.2, 0.25) is 0 Å². The van der Waals surface area contributed by atoms with Crippen molar-refractivity contribution in [2.24, 2.45) is 0 Å². The summed E-state index contributed by atoms with van der Waals surface area (Å²) in [4.78, 5) is 6.70. The zero-order chi connectivity index (χ0) is 21.3. The fourth-order valence-corrected chi connectivity index (χ4v) is 4.54. The zero-order valence-corrected chi connectivity index (χ0v) is 17.9. The Balaban J connectivity index is 1.73. The van der Waals surface area contributed by atoms with Crippen LogP contribution in [0.25, 0.3) is 22.0 Å². The fourth-order valence-electron chi connectivity index (χ4n) is 3.90. The lowest BCUT2D eigenvalue weighted by Gasteiger charge is -2.32. The molecule has 1 aliphatic heterocycles. The molecule has 2 aromatic heterocycles. The van der Waals surface area contributed by atoms with Crippen LogP contribution in [0.2, 0.25) is 0 Å². The molecule has 0 amide bonds. The number of aromatic nitrogens is 3. The van der Waals surface area contributed by atoms with Crippen molar-refractivity contribution in [2.75, 3.05) is 31.2 Å². The first kappa shape index (κ1) is 20.5. The third kappa shape index (κ3) is 4.08. The van der Waals surface area contributed by atoms with Gasteiger partial charge in [0.25, 0.3) is 0 Å². The van der Waals surface area contributed by atoms with Crippen LogP contribution in [-0.4, -0.2) is 65.5 Å². The predicted octanol–water partition coefficient (Wildman–Crippen LogP) is 2.70. The summed E-state index contributed by atoms with van der Waals surface area (Å²) >= 11 is 0. The van der Waals surface area contributed by atoms with Gasteiger partial charge >= 0.3 is 0 Å². The standard InChI is InChI=1S/C21H25N5O3S/c1-3-26-10-4-5-14(13-26)23-21-18-12-22-9-8-16(18)20(24-25-21)17-7-6-15(11-19(17)27)30(2,28)29/h6-9,11-12,14,27H,3-5,10,13H2,1-2H3,(H,23,25)/t14-/m1/s1. The number of hydrogen-bond acceptors (Lipinski definition) is 8. The summed E-state index contributed by atoms with van der Waals surface area (Å²) in [6.07, 6.45) is 6.70. The van der Waals surface area contributed by atoms with E-state index in [0.29, 0.717) is 17.1 Å². The number of sulfone groups is 1. The first-order valence-corrected chi connectivity index (χ1v) is 11.9. The number of hydrogen-bond donors (Lipinski definition) is 2. The number of likely N-dealkylation sites (tertiary alicyclic amines) is 1. The molecule has 30 heavy (non-hydrogen) atoms. The summed E-state index contributed by atoms with van der Waals surface area (Å²) < 4.78 is 23.5. The van der Waals surface area contributed by atoms with Gasteiger partial charge in [-0.1, -0.05) is 6.92 Å². The smallest absolute Gasteiger partial charge is 0.175 e. The van der Waals surface area contributed by atoms with E-state index in [9.17, 15) is 13.5 Å². The molecule has 1 saturated heterocycles. The highest BCUT2D eigenvalue weighted by molar-refractivity contribution is 7.90. The van der Waals surface area contributed by atoms with Crippen LogP contribution in [0, 0.1) is 0 Å². The Morgan fingerprint density at radius 1 is 1.23 bits per heavy atom. The molecule has 0 radical (unpaired) electrons. The van der Waals surface area contributed by atoms with Crippen molar-refractivity contribution in [1.29, 1.82) is 0 Å². The summed E-state index contributed by atoms with van der Waals surface area (Å²) in [5.74, 6) is 0.508. The zero-order valence-electron chi connectivity index (χ0n) is 17.0. The molecule has 4 rings (SSSR count). The molecule has 1 aliphatic rings. The van der Waals surface area contributed by atoms with Crippen molar-refractivity contribution in [3.05, 3.63) is 36.7 Å². The second kappa shape index (κ2) is 8.16. The minimum atomic E-state index is -3.42. The van der Waals surface area contributed by atoms with Crippen LogP contribution in [0.5, 0.6) is 5.75 Å². The molecule has 8 nitrogen and oxygen atoms in total. The quantitative estimate of drug-likeness (QED) is 0.640. The van der Waals surface area contributed by atoms with Crippen molar-refractivity contribution in [2.45, 2.75) is 30.7 Å². The van der Waals surface area contributed by atoms with Gasteiger partial charge < -0.3 is 15.3 Å². The van der Waals surface area contributed by atoms with Crippen LogP contribution in [0.15, 0.2) is 41.6 Å². The van der Waals surface area contributed by atoms with E-state index in [1.54, 1.807) is 18.5 Å². The third-order valence-corrected chi connectivity index (χ3v) is 6.64. The highest BCUT2D eigenvalue weighted by Gasteiger charge is 2.21. The predicted molar refractivity (Wildman–Crippen MR) is 116 cm³/mol. The molecule has 9 heteroatoms. The van der Waals surface area contributed by atoms with Crippen LogP contribution in [0.3, 0.4) is 0 Å². The molecule has 0 saturated carbocycles. The van der Waals surface area contributed by atoms with Crippen LogP contribution < -0.4 is 5.32 Å². The Labute approximate surface area is 175 Å². The molecule has 1 aromatic carbocycles. The monoisotopic (exact) mass is 427 g/mol. The molecule has 0 unspecified atom stereocenters. The van der Waals surface area contributed by atoms with Crippen LogP contribution in [0.1, 0.15) is 19.8 Å². The van der Waals surface area contributed by atoms with Gasteiger partial charge in [-0.2, -0.15) is 0 Å². The Hall–Kier alpha value is -2.78. The van der Waals surface area contributed by atoms with E-state index in [1.807, 2.05) is 6.07 Å². The van der Waals surface area contributed by atoms with E-state index in [0.717, 1.165) is 49.5 Å². The van der Waals surface area contributed by atoms with Gasteiger partial charge in [-0.25, -0.2) is 8.42 Å². The number of phenols is 1. The third-order valence-electron chi connectivity index (χ3n) is 5.53. The number of aromatic hydroxyl groups is 1. The van der Waals surface area contributed by atoms with Gasteiger partial charge in [0.05, 0.1) is 4.90 Å². The maximum Gasteiger partial charge on any atom is 0.175 e. The maximum atomic E-state index is 11.8. The molecule has 3 heterocycles. The highest BCUT2D eigenvalue weighted by atomic mass is 32.2. The molecule has 0 aliphatic carbocycles. The van der Waals surface area contributed by atoms with Crippen molar-refractivity contribution in [1.82, 2.24) is 20.1 Å². The SMILES string of the molecule is CCN1CCC[C@@H](Nc2nnc(-c3ccc(S(C)(=O)=O)cc3O)c3ccncc23)C1. The highest BCUT2D eigenvalue weighted by Crippen LogP contribution is 2.35. The van der Waals surface area contributed by atoms with Crippen LogP contribution in [0.4, 0.5) is 5.82 Å². The molecular formula is C21H25N5O3S. The van der Waals surface area contributed by atoms with E-state index in [4.69, 9.17) is 0 Å². The average Bonchev–Trinajstić information content (AvgIpc) is 2.74. The Morgan fingerprint density at radius 2 is 2.07 bits per heavy atom. The van der Waals surface area contributed by atoms with Gasteiger partial charge in [0.1, 0.15) is 11.4 Å². The van der Waals surface area contributed by atoms with E-state index in [2.05, 4.69) is 32.3 Å². The summed E-state index contributed by atoms with van der Waals surface area (Å²) in [5.41, 5.74) is 0.904. The van der Waals surface area contributed by atoms with Crippen molar-refractivity contribution >= 4 is 26.4 Å². The molecular weight excluding hydrogens is 402 g/mol. The van der Waals surface area contributed by atoms with E-state index >= 15 is 0 Å². The van der Waals surface area contributed by atoms with Crippen molar-refractivity contribution in [3.63, 3.8) is 0 Å². The fraction of sp³-hybridized carbons (Fsp3) is 0.381. The first-order valence-electron chi connectivity index (χ1n) is 9.99. The van der Waals surface area contributed by atoms with E-state index < -0.39 is 9.84 Å². The Kier molecular flexibility index (Phi) is 5.57. The van der Waals surface area contributed by atoms with Crippen molar-refractivity contribution < 1.29 is 13.5 Å². The van der Waals surface area contributed by atoms with Gasteiger partial charge in [-0.05, 0) is 50.2 Å². The number of pyridine rings is 1. The Morgan fingerprint density at radius 3 is 2.80 bits per heavy atom. The van der Waals surface area contributed by atoms with Crippen molar-refractivity contribution in [3.8, 4) is 17.0 Å². The Bertz CT molecular complexity index is 1180. The first-order chi connectivity index (χ1) is 14.4. The molecule has 158 valence electrons. The summed E-state index contributed by atoms with van der Waals surface area (Å²) in [5, 5.41) is 24.4. The number of piperidine rings is 1. The lowest BCUT2D eigenvalue weighted by atomic mass is 10.0. The van der Waals surface area contributed by atoms with Gasteiger partial charge in [0.15, 0.2) is 15.7 Å². The molecule has 0 spiro atoms. The normalized spacial score (nSPS) is 17.9. The largest absolute Gasteiger partial charge is 0.507 e. The maximum absolute atomic E-state index is 11.8. The van der Waals surface area contributed by atoms with Gasteiger partial charge in [-0.15, -0.1) is 10.2 Å². The van der Waals surface area contributed by atoms with Crippen LogP contribution in [-0.2, 0) is 9.84 Å². The molecule has 3 aromatic rings. The number of rotatable bonds is 5. The number of phenolic OH excluding ortho intramolecular Hbond substituents is 1. The number of nitrogens with one attached hydrogen (secondary N) is 1. The van der Waals surface area contributed by atoms with Crippen LogP contribution >= 0.6 is 0 Å². The second-order valence-corrected chi connectivity index (χ2v) is 9.66. The molecule has 1 atom stereocenters. The van der Waals surface area contributed by atoms with E-state index in [1.165, 1.54) is 12.1 Å². The lowest BCUT2D eigenvalue weighted by molar-refractivity contribution is 0.226. The number of anilines is 1. The summed E-state index contributed by atoms with van der Waals surface area (Å²) in [7, 11) is -3.42. The lowest BCUT2D eigenvalue weighted by Crippen LogP contribution is -2.42. The topological polar surface area (TPSA) is 108 Å². The van der Waals surface area contributed by atoms with Gasteiger partial charge in [-0.3, -0.25) is 4.98 Å². The summed E-state index contributed by atoms with van der Waals surface area (Å²) in [6.45, 7) is 5.26. The molecule has 1 fully saturated rings. The average molecular weight is 428 g/mol. The summed E-state index contributed by atoms with van der Waals surface area (Å²) in [6, 6.07) is 6.38. The molecule has 0 bridgehead atoms. The van der Waals surface area contributed by atoms with Gasteiger partial charge in [0, 0.05) is 47.6 Å². The minimum Gasteiger partial charge on any atom is -0.507 e. The van der Waals surface area contributed by atoms with E-state index in [-0.39, 0.29) is 16.7 Å². The second-order valence-electron chi connectivity index (χ2n) is 7.65. The number of likely N-dealkylation sites (N-methyl/N-ethyl adjacent to an activating group) is 1. The number of fused-ring (bicyclic) bond motifs is 1.